The number of unbranched alkanes of at least 4 members (excludes halogenated alkanes) is 14. The van der Waals surface area contributed by atoms with Crippen LogP contribution in [0.25, 0.3) is 20.9 Å². The van der Waals surface area contributed by atoms with Crippen LogP contribution in [0.5, 0.6) is 0 Å². The van der Waals surface area contributed by atoms with Crippen LogP contribution in [-0.2, 0) is 4.79 Å². The average Bonchev–Trinajstić information content (AvgIpc) is 2.76. The van der Waals surface area contributed by atoms with E-state index in [0.29, 0.717) is 13.1 Å². The van der Waals surface area contributed by atoms with Gasteiger partial charge >= 0.3 is 0 Å². The molecule has 0 fully saturated rings. The molecule has 0 spiro atoms. The van der Waals surface area contributed by atoms with Gasteiger partial charge < -0.3 is 0 Å². The molecule has 0 aliphatic heterocycles. The van der Waals surface area contributed by atoms with Crippen molar-refractivity contribution in [2.24, 2.45) is 10.2 Å². The van der Waals surface area contributed by atoms with Crippen molar-refractivity contribution in [1.82, 2.24) is 0 Å². The minimum Gasteiger partial charge on any atom is -0.288 e. The summed E-state index contributed by atoms with van der Waals surface area (Å²) < 4.78 is 0. The number of carbonyl (C=O) groups excluding carboxylic acids is 1. The summed E-state index contributed by atoms with van der Waals surface area (Å²) in [7, 11) is 0. The molecule has 0 atom stereocenters. The van der Waals surface area contributed by atoms with Crippen LogP contribution in [-0.4, -0.2) is 29.7 Å². The van der Waals surface area contributed by atoms with Crippen LogP contribution in [0.15, 0.2) is 10.2 Å². The Morgan fingerprint density at radius 3 is 1.38 bits per heavy atom. The molecule has 0 saturated carbocycles. The number of thioether (sulfide) groups is 1. The zero-order valence-electron chi connectivity index (χ0n) is 20.0. The molecule has 0 saturated heterocycles. The zero-order valence-corrected chi connectivity index (χ0v) is 22.5. The summed E-state index contributed by atoms with van der Waals surface area (Å²) in [4.78, 5) is 16.1. The molecule has 0 N–H and O–H groups in total. The van der Waals surface area contributed by atoms with Crippen LogP contribution in [0.4, 0.5) is 0 Å². The largest absolute Gasteiger partial charge is 0.288 e. The lowest BCUT2D eigenvalue weighted by Crippen LogP contribution is -1.87. The molecular weight excluding hydrogens is 464 g/mol. The molecule has 0 aromatic heterocycles. The second kappa shape index (κ2) is 34.9. The summed E-state index contributed by atoms with van der Waals surface area (Å²) in [6.07, 6.45) is 19.7. The van der Waals surface area contributed by atoms with Gasteiger partial charge in [0.2, 0.25) is 0 Å². The van der Waals surface area contributed by atoms with Crippen molar-refractivity contribution in [2.45, 2.75) is 110 Å². The molecule has 0 rings (SSSR count). The van der Waals surface area contributed by atoms with Gasteiger partial charge in [-0.25, -0.2) is 0 Å². The maximum atomic E-state index is 10.7. The molecule has 0 aromatic rings. The third kappa shape index (κ3) is 39.7. The van der Waals surface area contributed by atoms with E-state index in [2.05, 4.69) is 32.7 Å². The SMILES string of the molecule is CC(=O)SCCCCCCCCCCN=[N+]=[N-].Cl.[N-]=[N+]=NCCCCCCCCCCS. The third-order valence-electron chi connectivity index (χ3n) is 4.75. The van der Waals surface area contributed by atoms with Gasteiger partial charge in [-0.05, 0) is 42.5 Å². The number of nitrogens with zero attached hydrogens (tertiary/aromatic N) is 6. The number of hydrogen-bond donors (Lipinski definition) is 1. The van der Waals surface area contributed by atoms with Crippen molar-refractivity contribution in [3.63, 3.8) is 0 Å². The normalized spacial score (nSPS) is 9.56. The Labute approximate surface area is 211 Å². The first kappa shape index (κ1) is 35.9. The van der Waals surface area contributed by atoms with Gasteiger partial charge in [0.15, 0.2) is 5.12 Å². The lowest BCUT2D eigenvalue weighted by atomic mass is 10.1. The van der Waals surface area contributed by atoms with E-state index in [1.807, 2.05) is 0 Å². The minimum absolute atomic E-state index is 0. The number of carbonyl (C=O) groups is 1. The summed E-state index contributed by atoms with van der Waals surface area (Å²) in [5.41, 5.74) is 16.1. The van der Waals surface area contributed by atoms with Crippen molar-refractivity contribution in [3.8, 4) is 0 Å². The average molecular weight is 509 g/mol. The number of hydrogen-bond acceptors (Lipinski definition) is 5. The Morgan fingerprint density at radius 2 is 1.03 bits per heavy atom. The molecule has 0 unspecified atom stereocenters. The predicted molar refractivity (Wildman–Crippen MR) is 146 cm³/mol. The monoisotopic (exact) mass is 508 g/mol. The molecule has 188 valence electrons. The van der Waals surface area contributed by atoms with E-state index in [1.165, 1.54) is 95.2 Å². The highest BCUT2D eigenvalue weighted by Crippen LogP contribution is 2.11. The first-order chi connectivity index (χ1) is 15.2. The van der Waals surface area contributed by atoms with Crippen LogP contribution in [0.2, 0.25) is 0 Å². The quantitative estimate of drug-likeness (QED) is 0.0546. The van der Waals surface area contributed by atoms with Gasteiger partial charge in [0, 0.05) is 35.6 Å². The third-order valence-corrected chi connectivity index (χ3v) is 5.97. The van der Waals surface area contributed by atoms with E-state index < -0.39 is 0 Å². The number of halogens is 1. The van der Waals surface area contributed by atoms with Gasteiger partial charge in [0.25, 0.3) is 0 Å². The molecular formula is C22H45ClN6OS2. The Morgan fingerprint density at radius 1 is 0.688 bits per heavy atom. The Hall–Kier alpha value is -0.720. The Bertz CT molecular complexity index is 477. The van der Waals surface area contributed by atoms with Gasteiger partial charge in [0.1, 0.15) is 0 Å². The number of thiol groups is 1. The number of rotatable bonds is 21. The molecule has 0 bridgehead atoms. The van der Waals surface area contributed by atoms with Gasteiger partial charge in [-0.1, -0.05) is 99.0 Å². The van der Waals surface area contributed by atoms with E-state index in [9.17, 15) is 4.79 Å². The number of azide groups is 2. The first-order valence-corrected chi connectivity index (χ1v) is 13.6. The van der Waals surface area contributed by atoms with Gasteiger partial charge in [-0.2, -0.15) is 12.6 Å². The van der Waals surface area contributed by atoms with Gasteiger partial charge in [-0.15, -0.1) is 12.4 Å². The molecule has 10 heteroatoms. The molecule has 7 nitrogen and oxygen atoms in total. The van der Waals surface area contributed by atoms with E-state index >= 15 is 0 Å². The predicted octanol–water partition coefficient (Wildman–Crippen LogP) is 9.47. The van der Waals surface area contributed by atoms with Gasteiger partial charge in [-0.3, -0.25) is 4.79 Å². The zero-order chi connectivity index (χ0) is 23.3. The highest BCUT2D eigenvalue weighted by Gasteiger charge is 1.95. The minimum atomic E-state index is 0. The second-order valence-corrected chi connectivity index (χ2v) is 9.35. The Balaban J connectivity index is -0.000000519. The molecule has 0 aromatic carbocycles. The van der Waals surface area contributed by atoms with E-state index in [0.717, 1.165) is 30.8 Å². The maximum Gasteiger partial charge on any atom is 0.185 e. The van der Waals surface area contributed by atoms with Crippen molar-refractivity contribution in [3.05, 3.63) is 20.9 Å². The topological polar surface area (TPSA) is 115 Å². The van der Waals surface area contributed by atoms with Gasteiger partial charge in [0.05, 0.1) is 0 Å². The summed E-state index contributed by atoms with van der Waals surface area (Å²) in [5.74, 6) is 1.99. The summed E-state index contributed by atoms with van der Waals surface area (Å²) in [6, 6.07) is 0. The molecule has 0 amide bonds. The molecule has 0 heterocycles. The molecule has 0 aliphatic carbocycles. The summed E-state index contributed by atoms with van der Waals surface area (Å²) in [5, 5.41) is 7.23. The standard InChI is InChI=1S/C12H23N3OS.C10H21N3S.ClH/c1-12(16)17-11-9-7-5-3-2-4-6-8-10-14-15-13;11-13-12-9-7-5-3-1-2-4-6-8-10-14;/h2-11H2,1H3;14H,1-10H2;1H. The Kier molecular flexibility index (Phi) is 39.1. The summed E-state index contributed by atoms with van der Waals surface area (Å²) >= 11 is 5.60. The van der Waals surface area contributed by atoms with Crippen LogP contribution < -0.4 is 0 Å². The van der Waals surface area contributed by atoms with E-state index in [-0.39, 0.29) is 17.5 Å². The van der Waals surface area contributed by atoms with Crippen LogP contribution in [0.1, 0.15) is 110 Å². The smallest absolute Gasteiger partial charge is 0.185 e. The van der Waals surface area contributed by atoms with E-state index in [4.69, 9.17) is 11.1 Å². The molecule has 0 aliphatic rings. The van der Waals surface area contributed by atoms with Crippen LogP contribution >= 0.6 is 36.8 Å². The fraction of sp³-hybridized carbons (Fsp3) is 0.955. The fourth-order valence-electron chi connectivity index (χ4n) is 3.01. The lowest BCUT2D eigenvalue weighted by molar-refractivity contribution is -0.109. The van der Waals surface area contributed by atoms with Crippen molar-refractivity contribution < 1.29 is 4.79 Å². The van der Waals surface area contributed by atoms with Crippen molar-refractivity contribution in [1.29, 1.82) is 0 Å². The highest BCUT2D eigenvalue weighted by atomic mass is 35.5. The van der Waals surface area contributed by atoms with Crippen LogP contribution in [0.3, 0.4) is 0 Å². The highest BCUT2D eigenvalue weighted by molar-refractivity contribution is 8.13. The first-order valence-electron chi connectivity index (χ1n) is 11.9. The van der Waals surface area contributed by atoms with E-state index in [1.54, 1.807) is 6.92 Å². The van der Waals surface area contributed by atoms with Crippen molar-refractivity contribution >= 4 is 41.9 Å². The second-order valence-electron chi connectivity index (χ2n) is 7.63. The lowest BCUT2D eigenvalue weighted by Gasteiger charge is -2.01. The van der Waals surface area contributed by atoms with Crippen LogP contribution in [0, 0.1) is 0 Å². The molecule has 0 radical (unpaired) electrons. The maximum absolute atomic E-state index is 10.7. The fourth-order valence-corrected chi connectivity index (χ4v) is 3.87. The molecule has 32 heavy (non-hydrogen) atoms. The summed E-state index contributed by atoms with van der Waals surface area (Å²) in [6.45, 7) is 2.93. The van der Waals surface area contributed by atoms with Crippen molar-refractivity contribution in [2.75, 3.05) is 24.6 Å².